The minimum atomic E-state index is -0.491. The fraction of sp³-hybridized carbons (Fsp3) is 0.781. The number of hydroxylamine groups is 2. The van der Waals surface area contributed by atoms with Crippen molar-refractivity contribution in [3.8, 4) is 0 Å². The molecule has 0 aliphatic carbocycles. The molecule has 0 saturated carbocycles. The fourth-order valence-electron chi connectivity index (χ4n) is 4.58. The van der Waals surface area contributed by atoms with Crippen molar-refractivity contribution < 1.29 is 26.5 Å². The summed E-state index contributed by atoms with van der Waals surface area (Å²) in [6.45, 7) is 4.02. The van der Waals surface area contributed by atoms with Crippen molar-refractivity contribution in [1.29, 1.82) is 0 Å². The van der Waals surface area contributed by atoms with Crippen LogP contribution in [0, 0.1) is 0 Å². The highest BCUT2D eigenvalue weighted by atomic mass is 35.5. The minimum absolute atomic E-state index is 0. The third kappa shape index (κ3) is 23.5. The Kier molecular flexibility index (Phi) is 26.9. The van der Waals surface area contributed by atoms with Crippen LogP contribution in [0.5, 0.6) is 0 Å². The van der Waals surface area contributed by atoms with E-state index in [1.165, 1.54) is 95.0 Å². The summed E-state index contributed by atoms with van der Waals surface area (Å²) in [4.78, 5) is 19.0. The Morgan fingerprint density at radius 1 is 0.795 bits per heavy atom. The maximum absolute atomic E-state index is 13.0. The summed E-state index contributed by atoms with van der Waals surface area (Å²) in [5.41, 5.74) is 7.36. The maximum atomic E-state index is 13.0. The first kappa shape index (κ1) is 40.3. The summed E-state index contributed by atoms with van der Waals surface area (Å²) in [5.74, 6) is -0.0923. The number of likely N-dealkylation sites (N-methyl/N-ethyl adjacent to an activating group) is 1. The van der Waals surface area contributed by atoms with Crippen molar-refractivity contribution in [2.45, 2.75) is 129 Å². The van der Waals surface area contributed by atoms with E-state index < -0.39 is 6.04 Å². The molecule has 1 atom stereocenters. The molecule has 7 heteroatoms. The molecule has 0 aromatic heterocycles. The summed E-state index contributed by atoms with van der Waals surface area (Å²) in [6.07, 6.45) is 22.3. The maximum Gasteiger partial charge on any atom is 0.263 e. The number of carbonyl (C=O) groups excluding carboxylic acids is 1. The molecule has 1 aromatic carbocycles. The lowest BCUT2D eigenvalue weighted by Gasteiger charge is -2.29. The molecule has 230 valence electrons. The van der Waals surface area contributed by atoms with E-state index >= 15 is 0 Å². The Morgan fingerprint density at radius 2 is 1.23 bits per heavy atom. The number of hydrogen-bond acceptors (Lipinski definition) is 3. The van der Waals surface area contributed by atoms with Crippen LogP contribution in [-0.2, 0) is 16.2 Å². The lowest BCUT2D eigenvalue weighted by molar-refractivity contribution is -0.870. The summed E-state index contributed by atoms with van der Waals surface area (Å²) >= 11 is 0. The fourth-order valence-corrected chi connectivity index (χ4v) is 4.58. The number of nitrogens with two attached hydrogens (primary N) is 1. The molecule has 39 heavy (non-hydrogen) atoms. The van der Waals surface area contributed by atoms with Crippen LogP contribution >= 0.6 is 12.4 Å². The van der Waals surface area contributed by atoms with Crippen molar-refractivity contribution in [1.82, 2.24) is 5.06 Å². The predicted octanol–water partition coefficient (Wildman–Crippen LogP) is 5.06. The first-order valence-electron chi connectivity index (χ1n) is 15.4. The van der Waals surface area contributed by atoms with E-state index in [1.54, 1.807) is 0 Å². The Hall–Kier alpha value is -0.850. The second-order valence-corrected chi connectivity index (χ2v) is 11.9. The number of unbranched alkanes of at least 4 members (excludes halogenated alkanes) is 15. The van der Waals surface area contributed by atoms with Gasteiger partial charge in [0.05, 0.1) is 40.3 Å². The highest BCUT2D eigenvalue weighted by Crippen LogP contribution is 2.15. The van der Waals surface area contributed by atoms with Gasteiger partial charge in [0.15, 0.2) is 0 Å². The molecule has 0 heterocycles. The van der Waals surface area contributed by atoms with Crippen LogP contribution in [0.1, 0.15) is 122 Å². The first-order chi connectivity index (χ1) is 17.8. The Labute approximate surface area is 254 Å². The van der Waals surface area contributed by atoms with Crippen LogP contribution in [0.4, 0.5) is 0 Å². The molecule has 1 amide bonds. The van der Waals surface area contributed by atoms with Gasteiger partial charge >= 0.3 is 0 Å². The molecule has 1 aromatic rings. The molecular weight excluding hydrogens is 529 g/mol. The monoisotopic (exact) mass is 589 g/mol. The number of halogens is 2. The SMILES string of the molecule is CCCCCCCCCCCCCCCCCCC(N)C(=O)N(CC[N+](C)(C)C)OCc1ccccc1.Cl.[Cl-]. The van der Waals surface area contributed by atoms with E-state index in [1.807, 2.05) is 30.3 Å². The third-order valence-corrected chi connectivity index (χ3v) is 7.14. The van der Waals surface area contributed by atoms with E-state index in [0.717, 1.165) is 35.9 Å². The summed E-state index contributed by atoms with van der Waals surface area (Å²) in [5, 5.41) is 1.51. The van der Waals surface area contributed by atoms with Crippen LogP contribution in [0.2, 0.25) is 0 Å². The van der Waals surface area contributed by atoms with Gasteiger partial charge in [0.2, 0.25) is 0 Å². The van der Waals surface area contributed by atoms with Gasteiger partial charge in [-0.15, -0.1) is 12.4 Å². The Bertz CT molecular complexity index is 671. The van der Waals surface area contributed by atoms with Gasteiger partial charge in [0.25, 0.3) is 5.91 Å². The lowest BCUT2D eigenvalue weighted by Crippen LogP contribution is -3.00. The smallest absolute Gasteiger partial charge is 0.263 e. The standard InChI is InChI=1S/C32H60N3O2.2ClH/c1-5-6-7-8-9-10-11-12-13-14-15-16-17-18-19-23-26-31(33)32(36)34(27-28-35(2,3)4)37-29-30-24-21-20-22-25-30;;/h20-22,24-25,31H,5-19,23,26-29,33H2,1-4H3;2*1H/q+1;;/p-1. The quantitative estimate of drug-likeness (QED) is 0.104. The number of amides is 1. The average Bonchev–Trinajstić information content (AvgIpc) is 2.88. The highest BCUT2D eigenvalue weighted by Gasteiger charge is 2.24. The van der Waals surface area contributed by atoms with Gasteiger partial charge in [0, 0.05) is 0 Å². The molecule has 0 fully saturated rings. The molecule has 1 unspecified atom stereocenters. The molecular formula is C32H61Cl2N3O2. The summed E-state index contributed by atoms with van der Waals surface area (Å²) in [7, 11) is 6.36. The van der Waals surface area contributed by atoms with Crippen LogP contribution in [-0.4, -0.2) is 55.7 Å². The summed E-state index contributed by atoms with van der Waals surface area (Å²) in [6, 6.07) is 9.49. The van der Waals surface area contributed by atoms with Gasteiger partial charge in [-0.3, -0.25) is 9.63 Å². The van der Waals surface area contributed by atoms with Crippen LogP contribution in [0.3, 0.4) is 0 Å². The van der Waals surface area contributed by atoms with Gasteiger partial charge in [0.1, 0.15) is 6.61 Å². The Morgan fingerprint density at radius 3 is 1.67 bits per heavy atom. The zero-order valence-corrected chi connectivity index (χ0v) is 27.3. The summed E-state index contributed by atoms with van der Waals surface area (Å²) < 4.78 is 0.771. The van der Waals surface area contributed by atoms with Crippen molar-refractivity contribution >= 4 is 18.3 Å². The van der Waals surface area contributed by atoms with Gasteiger partial charge in [-0.1, -0.05) is 140 Å². The number of carbonyl (C=O) groups is 1. The van der Waals surface area contributed by atoms with Crippen molar-refractivity contribution in [2.24, 2.45) is 5.73 Å². The predicted molar refractivity (Wildman–Crippen MR) is 165 cm³/mol. The van der Waals surface area contributed by atoms with E-state index in [9.17, 15) is 4.79 Å². The lowest BCUT2D eigenvalue weighted by atomic mass is 10.0. The minimum Gasteiger partial charge on any atom is -1.00 e. The first-order valence-corrected chi connectivity index (χ1v) is 15.4. The zero-order chi connectivity index (χ0) is 27.2. The zero-order valence-electron chi connectivity index (χ0n) is 25.7. The topological polar surface area (TPSA) is 55.6 Å². The normalized spacial score (nSPS) is 11.9. The molecule has 0 spiro atoms. The molecule has 0 radical (unpaired) electrons. The highest BCUT2D eigenvalue weighted by molar-refractivity contribution is 5.85. The van der Waals surface area contributed by atoms with Gasteiger partial charge in [-0.25, -0.2) is 5.06 Å². The molecule has 0 bridgehead atoms. The van der Waals surface area contributed by atoms with E-state index in [0.29, 0.717) is 13.2 Å². The largest absolute Gasteiger partial charge is 1.00 e. The molecule has 0 aliphatic heterocycles. The van der Waals surface area contributed by atoms with E-state index in [-0.39, 0.29) is 30.7 Å². The van der Waals surface area contributed by atoms with Gasteiger partial charge in [-0.2, -0.15) is 0 Å². The number of nitrogens with zero attached hydrogens (tertiary/aromatic N) is 2. The second-order valence-electron chi connectivity index (χ2n) is 11.9. The van der Waals surface area contributed by atoms with Crippen LogP contribution in [0.25, 0.3) is 0 Å². The van der Waals surface area contributed by atoms with E-state index in [4.69, 9.17) is 10.6 Å². The van der Waals surface area contributed by atoms with Crippen LogP contribution < -0.4 is 18.1 Å². The van der Waals surface area contributed by atoms with Crippen molar-refractivity contribution in [3.05, 3.63) is 35.9 Å². The molecule has 0 aliphatic rings. The van der Waals surface area contributed by atoms with Gasteiger partial charge in [-0.05, 0) is 12.0 Å². The molecule has 1 rings (SSSR count). The Balaban J connectivity index is 0. The van der Waals surface area contributed by atoms with Crippen molar-refractivity contribution in [3.63, 3.8) is 0 Å². The van der Waals surface area contributed by atoms with Crippen molar-refractivity contribution in [2.75, 3.05) is 34.2 Å². The number of benzene rings is 1. The molecule has 5 nitrogen and oxygen atoms in total. The number of quaternary nitrogens is 1. The van der Waals surface area contributed by atoms with Crippen LogP contribution in [0.15, 0.2) is 30.3 Å². The number of hydrogen-bond donors (Lipinski definition) is 1. The third-order valence-electron chi connectivity index (χ3n) is 7.14. The average molecular weight is 591 g/mol. The molecule has 2 N–H and O–H groups in total. The van der Waals surface area contributed by atoms with Gasteiger partial charge < -0.3 is 22.6 Å². The number of rotatable bonds is 24. The second kappa shape index (κ2) is 26.1. The molecule has 0 saturated heterocycles. The van der Waals surface area contributed by atoms with E-state index in [2.05, 4.69) is 28.1 Å².